The van der Waals surface area contributed by atoms with Crippen LogP contribution in [0.3, 0.4) is 0 Å². The Balaban J connectivity index is 2.09. The minimum atomic E-state index is -3.50. The summed E-state index contributed by atoms with van der Waals surface area (Å²) in [6.07, 6.45) is 3.33. The van der Waals surface area contributed by atoms with Gasteiger partial charge in [-0.2, -0.15) is 0 Å². The maximum Gasteiger partial charge on any atom is 0.232 e. The summed E-state index contributed by atoms with van der Waals surface area (Å²) in [7, 11) is -2.00. The lowest BCUT2D eigenvalue weighted by atomic mass is 9.99. The van der Waals surface area contributed by atoms with Gasteiger partial charge in [0.1, 0.15) is 5.75 Å². The summed E-state index contributed by atoms with van der Waals surface area (Å²) in [6, 6.07) is 6.93. The zero-order valence-electron chi connectivity index (χ0n) is 14.6. The highest BCUT2D eigenvalue weighted by atomic mass is 32.2. The summed E-state index contributed by atoms with van der Waals surface area (Å²) >= 11 is 0. The van der Waals surface area contributed by atoms with E-state index in [9.17, 15) is 13.2 Å². The third-order valence-electron chi connectivity index (χ3n) is 4.42. The number of benzene rings is 1. The van der Waals surface area contributed by atoms with Gasteiger partial charge in [0.15, 0.2) is 0 Å². The van der Waals surface area contributed by atoms with E-state index < -0.39 is 10.0 Å². The third-order valence-corrected chi connectivity index (χ3v) is 5.60. The van der Waals surface area contributed by atoms with Crippen molar-refractivity contribution in [1.82, 2.24) is 4.90 Å². The predicted octanol–water partition coefficient (Wildman–Crippen LogP) is 2.11. The Morgan fingerprint density at radius 2 is 1.92 bits per heavy atom. The Morgan fingerprint density at radius 1 is 1.29 bits per heavy atom. The van der Waals surface area contributed by atoms with Gasteiger partial charge in [-0.05, 0) is 30.9 Å². The monoisotopic (exact) mass is 354 g/mol. The molecule has 6 nitrogen and oxygen atoms in total. The van der Waals surface area contributed by atoms with Gasteiger partial charge >= 0.3 is 0 Å². The first-order chi connectivity index (χ1) is 11.3. The van der Waals surface area contributed by atoms with E-state index in [1.54, 1.807) is 24.3 Å². The number of para-hydroxylation sites is 2. The van der Waals surface area contributed by atoms with E-state index in [4.69, 9.17) is 4.74 Å². The van der Waals surface area contributed by atoms with Crippen LogP contribution in [0.5, 0.6) is 5.75 Å². The molecule has 2 rings (SSSR count). The first-order valence-electron chi connectivity index (χ1n) is 8.21. The highest BCUT2D eigenvalue weighted by Crippen LogP contribution is 2.29. The standard InChI is InChI=1S/C17H26N2O4S/c1-14-8-11-18(12-9-14)17(20)10-13-19(24(3,21)22)15-6-4-5-7-16(15)23-2/h4-7,14H,8-13H2,1-3H3. The minimum Gasteiger partial charge on any atom is -0.495 e. The Kier molecular flexibility index (Phi) is 6.10. The zero-order valence-corrected chi connectivity index (χ0v) is 15.4. The normalized spacial score (nSPS) is 16.0. The number of carbonyl (C=O) groups excluding carboxylic acids is 1. The fraction of sp³-hybridized carbons (Fsp3) is 0.588. The molecule has 1 aromatic rings. The van der Waals surface area contributed by atoms with E-state index in [1.165, 1.54) is 11.4 Å². The molecule has 0 unspecified atom stereocenters. The van der Waals surface area contributed by atoms with Crippen LogP contribution >= 0.6 is 0 Å². The summed E-state index contributed by atoms with van der Waals surface area (Å²) in [5.41, 5.74) is 0.461. The first kappa shape index (κ1) is 18.6. The average Bonchev–Trinajstić information content (AvgIpc) is 2.54. The van der Waals surface area contributed by atoms with Crippen molar-refractivity contribution >= 4 is 21.6 Å². The van der Waals surface area contributed by atoms with Crippen molar-refractivity contribution < 1.29 is 17.9 Å². The number of rotatable bonds is 6. The van der Waals surface area contributed by atoms with Crippen molar-refractivity contribution in [1.29, 1.82) is 0 Å². The van der Waals surface area contributed by atoms with Gasteiger partial charge < -0.3 is 9.64 Å². The van der Waals surface area contributed by atoms with E-state index in [2.05, 4.69) is 6.92 Å². The number of piperidine rings is 1. The van der Waals surface area contributed by atoms with Gasteiger partial charge in [0, 0.05) is 26.1 Å². The fourth-order valence-electron chi connectivity index (χ4n) is 2.91. The molecule has 7 heteroatoms. The number of hydrogen-bond acceptors (Lipinski definition) is 4. The molecule has 24 heavy (non-hydrogen) atoms. The van der Waals surface area contributed by atoms with Crippen LogP contribution in [0, 0.1) is 5.92 Å². The molecule has 1 heterocycles. The Labute approximate surface area is 144 Å². The Hall–Kier alpha value is -1.76. The lowest BCUT2D eigenvalue weighted by Gasteiger charge is -2.31. The lowest BCUT2D eigenvalue weighted by Crippen LogP contribution is -2.40. The predicted molar refractivity (Wildman–Crippen MR) is 94.8 cm³/mol. The molecule has 0 atom stereocenters. The number of sulfonamides is 1. The highest BCUT2D eigenvalue weighted by molar-refractivity contribution is 7.92. The number of carbonyl (C=O) groups is 1. The van der Waals surface area contributed by atoms with E-state index in [-0.39, 0.29) is 18.9 Å². The largest absolute Gasteiger partial charge is 0.495 e. The van der Waals surface area contributed by atoms with Gasteiger partial charge in [-0.15, -0.1) is 0 Å². The van der Waals surface area contributed by atoms with Crippen molar-refractivity contribution in [3.8, 4) is 5.75 Å². The Morgan fingerprint density at radius 3 is 2.50 bits per heavy atom. The number of nitrogens with zero attached hydrogens (tertiary/aromatic N) is 2. The average molecular weight is 354 g/mol. The van der Waals surface area contributed by atoms with Crippen molar-refractivity contribution in [2.24, 2.45) is 5.92 Å². The maximum absolute atomic E-state index is 12.4. The third kappa shape index (κ3) is 4.63. The lowest BCUT2D eigenvalue weighted by molar-refractivity contribution is -0.132. The number of hydrogen-bond donors (Lipinski definition) is 0. The zero-order chi connectivity index (χ0) is 17.7. The highest BCUT2D eigenvalue weighted by Gasteiger charge is 2.24. The topological polar surface area (TPSA) is 66.9 Å². The summed E-state index contributed by atoms with van der Waals surface area (Å²) < 4.78 is 30.9. The fourth-order valence-corrected chi connectivity index (χ4v) is 3.85. The molecule has 0 spiro atoms. The van der Waals surface area contributed by atoms with Crippen LogP contribution in [-0.4, -0.2) is 52.2 Å². The second-order valence-electron chi connectivity index (χ2n) is 6.32. The molecule has 1 amide bonds. The summed E-state index contributed by atoms with van der Waals surface area (Å²) in [6.45, 7) is 3.82. The van der Waals surface area contributed by atoms with Crippen molar-refractivity contribution in [2.75, 3.05) is 37.3 Å². The van der Waals surface area contributed by atoms with Crippen LogP contribution in [0.15, 0.2) is 24.3 Å². The van der Waals surface area contributed by atoms with Gasteiger partial charge in [0.25, 0.3) is 0 Å². The quantitative estimate of drug-likeness (QED) is 0.785. The molecule has 134 valence electrons. The number of ether oxygens (including phenoxy) is 1. The molecule has 1 aromatic carbocycles. The van der Waals surface area contributed by atoms with Gasteiger partial charge in [-0.3, -0.25) is 9.10 Å². The van der Waals surface area contributed by atoms with Gasteiger partial charge in [-0.1, -0.05) is 19.1 Å². The van der Waals surface area contributed by atoms with Gasteiger partial charge in [0.05, 0.1) is 19.1 Å². The summed E-state index contributed by atoms with van der Waals surface area (Å²) in [4.78, 5) is 14.2. The van der Waals surface area contributed by atoms with Crippen LogP contribution in [0.1, 0.15) is 26.2 Å². The van der Waals surface area contributed by atoms with Crippen molar-refractivity contribution in [2.45, 2.75) is 26.2 Å². The molecule has 1 fully saturated rings. The molecular weight excluding hydrogens is 328 g/mol. The molecule has 0 aliphatic carbocycles. The minimum absolute atomic E-state index is 0.00504. The number of methoxy groups -OCH3 is 1. The SMILES string of the molecule is COc1ccccc1N(CCC(=O)N1CCC(C)CC1)S(C)(=O)=O. The first-order valence-corrected chi connectivity index (χ1v) is 10.1. The molecule has 1 saturated heterocycles. The second kappa shape index (κ2) is 7.88. The molecule has 0 bridgehead atoms. The van der Waals surface area contributed by atoms with Crippen LogP contribution < -0.4 is 9.04 Å². The van der Waals surface area contributed by atoms with Crippen LogP contribution in [0.2, 0.25) is 0 Å². The van der Waals surface area contributed by atoms with E-state index in [0.717, 1.165) is 32.2 Å². The van der Waals surface area contributed by atoms with Gasteiger partial charge in [-0.25, -0.2) is 8.42 Å². The van der Waals surface area contributed by atoms with Gasteiger partial charge in [0.2, 0.25) is 15.9 Å². The molecule has 1 aliphatic heterocycles. The Bertz CT molecular complexity index is 667. The van der Waals surface area contributed by atoms with Crippen LogP contribution in [0.4, 0.5) is 5.69 Å². The van der Waals surface area contributed by atoms with E-state index in [0.29, 0.717) is 17.4 Å². The van der Waals surface area contributed by atoms with E-state index >= 15 is 0 Å². The van der Waals surface area contributed by atoms with Crippen molar-refractivity contribution in [3.63, 3.8) is 0 Å². The summed E-state index contributed by atoms with van der Waals surface area (Å²) in [5, 5.41) is 0. The van der Waals surface area contributed by atoms with Crippen LogP contribution in [0.25, 0.3) is 0 Å². The molecule has 0 N–H and O–H groups in total. The van der Waals surface area contributed by atoms with Crippen molar-refractivity contribution in [3.05, 3.63) is 24.3 Å². The number of amides is 1. The smallest absolute Gasteiger partial charge is 0.232 e. The summed E-state index contributed by atoms with van der Waals surface area (Å²) in [5.74, 6) is 1.13. The molecule has 0 aromatic heterocycles. The molecule has 0 saturated carbocycles. The molecule has 0 radical (unpaired) electrons. The molecular formula is C17H26N2O4S. The second-order valence-corrected chi connectivity index (χ2v) is 8.23. The van der Waals surface area contributed by atoms with Crippen LogP contribution in [-0.2, 0) is 14.8 Å². The molecule has 1 aliphatic rings. The maximum atomic E-state index is 12.4. The number of anilines is 1. The number of likely N-dealkylation sites (tertiary alicyclic amines) is 1. The van der Waals surface area contributed by atoms with E-state index in [1.807, 2.05) is 4.90 Å².